The van der Waals surface area contributed by atoms with Crippen LogP contribution in [0.2, 0.25) is 0 Å². The third-order valence-electron chi connectivity index (χ3n) is 7.37. The zero-order valence-electron chi connectivity index (χ0n) is 23.4. The van der Waals surface area contributed by atoms with E-state index < -0.39 is 79.4 Å². The molecule has 238 valence electrons. The number of ether oxygens (including phenoxy) is 5. The van der Waals surface area contributed by atoms with Crippen molar-refractivity contribution in [3.63, 3.8) is 0 Å². The number of phenols is 2. The Morgan fingerprint density at radius 3 is 2.20 bits per heavy atom. The summed E-state index contributed by atoms with van der Waals surface area (Å²) in [5.41, 5.74) is -0.215. The Morgan fingerprint density at radius 2 is 1.52 bits per heavy atom. The van der Waals surface area contributed by atoms with Crippen molar-refractivity contribution in [1.29, 1.82) is 0 Å². The number of esters is 1. The predicted molar refractivity (Wildman–Crippen MR) is 146 cm³/mol. The molecule has 0 spiro atoms. The van der Waals surface area contributed by atoms with E-state index in [1.54, 1.807) is 0 Å². The maximum atomic E-state index is 13.2. The van der Waals surface area contributed by atoms with Crippen LogP contribution < -0.4 is 10.2 Å². The molecule has 0 aliphatic carbocycles. The highest BCUT2D eigenvalue weighted by Gasteiger charge is 2.51. The third-order valence-corrected chi connectivity index (χ3v) is 7.37. The van der Waals surface area contributed by atoms with Crippen LogP contribution in [0.1, 0.15) is 13.8 Å². The molecule has 0 bridgehead atoms. The molecule has 2 saturated heterocycles. The minimum absolute atomic E-state index is 0.00600. The number of rotatable bonds is 7. The lowest BCUT2D eigenvalue weighted by Gasteiger charge is -2.45. The van der Waals surface area contributed by atoms with E-state index in [2.05, 4.69) is 0 Å². The van der Waals surface area contributed by atoms with Crippen molar-refractivity contribution in [2.75, 3.05) is 6.61 Å². The molecule has 1 aromatic heterocycles. The fourth-order valence-corrected chi connectivity index (χ4v) is 5.01. The van der Waals surface area contributed by atoms with Crippen LogP contribution in [-0.2, 0) is 23.7 Å². The molecular weight excluding hydrogens is 588 g/mol. The predicted octanol–water partition coefficient (Wildman–Crippen LogP) is -0.528. The van der Waals surface area contributed by atoms with Gasteiger partial charge in [0.2, 0.25) is 6.29 Å². The van der Waals surface area contributed by atoms with Gasteiger partial charge in [-0.25, -0.2) is 0 Å². The third kappa shape index (κ3) is 6.36. The first-order chi connectivity index (χ1) is 20.8. The quantitative estimate of drug-likeness (QED) is 0.165. The number of carbonyl (C=O) groups excluding carboxylic acids is 1. The lowest BCUT2D eigenvalue weighted by molar-refractivity contribution is -0.349. The number of benzene rings is 2. The van der Waals surface area contributed by atoms with Gasteiger partial charge in [-0.15, -0.1) is 0 Å². The summed E-state index contributed by atoms with van der Waals surface area (Å²) in [4.78, 5) is 24.8. The van der Waals surface area contributed by atoms with E-state index >= 15 is 0 Å². The molecule has 0 saturated carbocycles. The zero-order chi connectivity index (χ0) is 31.9. The fraction of sp³-hybridized carbons (Fsp3) is 0.448. The molecule has 5 rings (SSSR count). The molecule has 3 heterocycles. The average Bonchev–Trinajstić information content (AvgIpc) is 2.97. The first-order valence-corrected chi connectivity index (χ1v) is 13.6. The van der Waals surface area contributed by atoms with Crippen molar-refractivity contribution >= 4 is 16.9 Å². The molecule has 2 aromatic carbocycles. The van der Waals surface area contributed by atoms with Gasteiger partial charge in [-0.1, -0.05) is 0 Å². The molecule has 2 aliphatic heterocycles. The summed E-state index contributed by atoms with van der Waals surface area (Å²) < 4.78 is 33.6. The van der Waals surface area contributed by atoms with Crippen LogP contribution in [0.25, 0.3) is 22.3 Å². The number of carbonyl (C=O) groups is 1. The SMILES string of the molecule is CC(=O)OC[C@H]1O[C@@H](Oc2cc(O)cc3oc(-c4ccc(O)cc4)cc(=O)c23)[C@H](O)[C@@H](O)[C@H]1O[C@@H]1O[C@H](C)[C@H](O)[C@@H](O)[C@H]1O. The monoisotopic (exact) mass is 620 g/mol. The molecule has 0 radical (unpaired) electrons. The second-order valence-electron chi connectivity index (χ2n) is 10.6. The van der Waals surface area contributed by atoms with Crippen molar-refractivity contribution in [3.05, 3.63) is 52.7 Å². The molecule has 44 heavy (non-hydrogen) atoms. The van der Waals surface area contributed by atoms with Gasteiger partial charge in [0.05, 0.1) is 6.10 Å². The van der Waals surface area contributed by atoms with Crippen LogP contribution in [-0.4, -0.2) is 110 Å². The molecule has 2 aliphatic rings. The molecule has 10 atom stereocenters. The van der Waals surface area contributed by atoms with Gasteiger partial charge in [-0.2, -0.15) is 0 Å². The minimum atomic E-state index is -1.87. The van der Waals surface area contributed by atoms with E-state index in [4.69, 9.17) is 28.1 Å². The Bertz CT molecular complexity index is 1540. The first-order valence-electron chi connectivity index (χ1n) is 13.6. The maximum Gasteiger partial charge on any atom is 0.302 e. The Labute approximate surface area is 249 Å². The van der Waals surface area contributed by atoms with E-state index in [0.717, 1.165) is 13.0 Å². The van der Waals surface area contributed by atoms with Gasteiger partial charge in [0.15, 0.2) is 11.7 Å². The van der Waals surface area contributed by atoms with Gasteiger partial charge in [-0.3, -0.25) is 9.59 Å². The van der Waals surface area contributed by atoms with Crippen LogP contribution in [0.3, 0.4) is 0 Å². The number of phenolic OH excluding ortho intramolecular Hbond substituents is 2. The molecular formula is C29H32O15. The van der Waals surface area contributed by atoms with Crippen LogP contribution >= 0.6 is 0 Å². The zero-order valence-corrected chi connectivity index (χ0v) is 23.4. The molecule has 15 heteroatoms. The van der Waals surface area contributed by atoms with Gasteiger partial charge in [0, 0.05) is 30.7 Å². The summed E-state index contributed by atoms with van der Waals surface area (Å²) in [5, 5.41) is 72.3. The number of hydrogen-bond acceptors (Lipinski definition) is 15. The lowest BCUT2D eigenvalue weighted by atomic mass is 9.97. The smallest absolute Gasteiger partial charge is 0.302 e. The Hall–Kier alpha value is -3.80. The largest absolute Gasteiger partial charge is 0.508 e. The average molecular weight is 621 g/mol. The number of fused-ring (bicyclic) bond motifs is 1. The van der Waals surface area contributed by atoms with Gasteiger partial charge in [0.25, 0.3) is 0 Å². The summed E-state index contributed by atoms with van der Waals surface area (Å²) in [6.45, 7) is 2.02. The minimum Gasteiger partial charge on any atom is -0.508 e. The van der Waals surface area contributed by atoms with Gasteiger partial charge >= 0.3 is 5.97 Å². The number of aromatic hydroxyl groups is 2. The Balaban J connectivity index is 1.43. The summed E-state index contributed by atoms with van der Waals surface area (Å²) in [7, 11) is 0. The van der Waals surface area contributed by atoms with Crippen molar-refractivity contribution in [2.45, 2.75) is 75.3 Å². The van der Waals surface area contributed by atoms with Crippen molar-refractivity contribution in [3.8, 4) is 28.6 Å². The maximum absolute atomic E-state index is 13.2. The molecule has 3 aromatic rings. The van der Waals surface area contributed by atoms with E-state index in [1.807, 2.05) is 0 Å². The van der Waals surface area contributed by atoms with Crippen LogP contribution in [0.15, 0.2) is 51.7 Å². The van der Waals surface area contributed by atoms with Crippen LogP contribution in [0.5, 0.6) is 17.2 Å². The number of aliphatic hydroxyl groups is 5. The molecule has 0 amide bonds. The molecule has 15 nitrogen and oxygen atoms in total. The lowest BCUT2D eigenvalue weighted by Crippen LogP contribution is -2.64. The molecule has 7 N–H and O–H groups in total. The summed E-state index contributed by atoms with van der Waals surface area (Å²) >= 11 is 0. The summed E-state index contributed by atoms with van der Waals surface area (Å²) in [6.07, 6.45) is -15.7. The standard InChI is InChI=1S/C29H32O15/c1-11-22(34)23(35)25(37)28(40-11)44-27-20(10-39-12(2)30)43-29(26(38)24(27)36)42-19-8-15(32)7-18-21(19)16(33)9-17(41-18)13-3-5-14(31)6-4-13/h3-9,11,20,22-29,31-32,34-38H,10H2,1-2H3/t11-,20-,22+,23-,24-,25-,26-,27+,28+,29-/m1/s1. The highest BCUT2D eigenvalue weighted by Crippen LogP contribution is 2.35. The van der Waals surface area contributed by atoms with Crippen LogP contribution in [0.4, 0.5) is 0 Å². The van der Waals surface area contributed by atoms with E-state index in [1.165, 1.54) is 43.3 Å². The van der Waals surface area contributed by atoms with E-state index in [-0.39, 0.29) is 34.0 Å². The number of aliphatic hydroxyl groups excluding tert-OH is 5. The highest BCUT2D eigenvalue weighted by molar-refractivity contribution is 5.86. The summed E-state index contributed by atoms with van der Waals surface area (Å²) in [6, 6.07) is 9.27. The van der Waals surface area contributed by atoms with Crippen molar-refractivity contribution < 1.29 is 68.6 Å². The molecule has 2 fully saturated rings. The second-order valence-corrected chi connectivity index (χ2v) is 10.6. The van der Waals surface area contributed by atoms with E-state index in [0.29, 0.717) is 5.56 Å². The van der Waals surface area contributed by atoms with Gasteiger partial charge in [-0.05, 0) is 31.2 Å². The van der Waals surface area contributed by atoms with Gasteiger partial charge in [0.1, 0.15) is 83.3 Å². The van der Waals surface area contributed by atoms with Gasteiger partial charge < -0.3 is 63.8 Å². The Kier molecular flexibility index (Phi) is 9.10. The number of hydrogen-bond donors (Lipinski definition) is 7. The van der Waals surface area contributed by atoms with Crippen molar-refractivity contribution in [1.82, 2.24) is 0 Å². The van der Waals surface area contributed by atoms with Crippen LogP contribution in [0, 0.1) is 0 Å². The Morgan fingerprint density at radius 1 is 0.841 bits per heavy atom. The second kappa shape index (κ2) is 12.7. The summed E-state index contributed by atoms with van der Waals surface area (Å²) in [5.74, 6) is -1.23. The van der Waals surface area contributed by atoms with Crippen molar-refractivity contribution in [2.24, 2.45) is 0 Å². The molecule has 0 unspecified atom stereocenters. The normalized spacial score (nSPS) is 32.3. The highest BCUT2D eigenvalue weighted by atomic mass is 16.7. The topological polar surface area (TPSA) is 235 Å². The fourth-order valence-electron chi connectivity index (χ4n) is 5.01. The van der Waals surface area contributed by atoms with E-state index in [9.17, 15) is 45.3 Å². The first kappa shape index (κ1) is 31.6.